The summed E-state index contributed by atoms with van der Waals surface area (Å²) in [5.41, 5.74) is 5.40. The van der Waals surface area contributed by atoms with E-state index in [2.05, 4.69) is 28.7 Å². The largest absolute Gasteiger partial charge is 0.302 e. The third-order valence-corrected chi connectivity index (χ3v) is 2.50. The first-order valence-electron chi connectivity index (χ1n) is 4.94. The molecule has 1 N–H and O–H groups in total. The maximum atomic E-state index is 4.52. The van der Waals surface area contributed by atoms with Gasteiger partial charge in [-0.25, -0.2) is 9.69 Å². The lowest BCUT2D eigenvalue weighted by molar-refractivity contribution is 0.353. The maximum Gasteiger partial charge on any atom is 0.140 e. The molecular weight excluding hydrogens is 188 g/mol. The zero-order valence-electron chi connectivity index (χ0n) is 8.51. The fourth-order valence-corrected chi connectivity index (χ4v) is 1.80. The van der Waals surface area contributed by atoms with Gasteiger partial charge in [-0.3, -0.25) is 0 Å². The van der Waals surface area contributed by atoms with Gasteiger partial charge in [-0.05, 0) is 0 Å². The van der Waals surface area contributed by atoms with Crippen LogP contribution in [0.3, 0.4) is 0 Å². The van der Waals surface area contributed by atoms with Gasteiger partial charge >= 0.3 is 0 Å². The van der Waals surface area contributed by atoms with Crippen LogP contribution in [0.4, 0.5) is 5.82 Å². The number of nitrogens with zero attached hydrogens (tertiary/aromatic N) is 3. The Morgan fingerprint density at radius 2 is 2.07 bits per heavy atom. The van der Waals surface area contributed by atoms with E-state index in [4.69, 9.17) is 0 Å². The van der Waals surface area contributed by atoms with E-state index in [0.29, 0.717) is 0 Å². The predicted octanol–water partition coefficient (Wildman–Crippen LogP) is 1.78. The molecule has 0 aliphatic carbocycles. The number of anilines is 1. The van der Waals surface area contributed by atoms with Crippen LogP contribution in [0.2, 0.25) is 0 Å². The van der Waals surface area contributed by atoms with Crippen molar-refractivity contribution in [1.82, 2.24) is 14.8 Å². The van der Waals surface area contributed by atoms with E-state index >= 15 is 0 Å². The minimum absolute atomic E-state index is 0.794. The Morgan fingerprint density at radius 3 is 2.80 bits per heavy atom. The van der Waals surface area contributed by atoms with Gasteiger partial charge in [0.15, 0.2) is 0 Å². The molecule has 1 aromatic heterocycles. The van der Waals surface area contributed by atoms with Gasteiger partial charge in [-0.1, -0.05) is 30.3 Å². The Morgan fingerprint density at radius 1 is 1.27 bits per heavy atom. The number of hydrazine groups is 1. The van der Waals surface area contributed by atoms with Crippen LogP contribution in [-0.4, -0.2) is 21.8 Å². The fraction of sp³-hybridized carbons (Fsp3) is 0.182. The number of fused-ring (bicyclic) bond motifs is 1. The third kappa shape index (κ3) is 1.39. The van der Waals surface area contributed by atoms with Crippen molar-refractivity contribution in [3.8, 4) is 11.3 Å². The van der Waals surface area contributed by atoms with Crippen molar-refractivity contribution < 1.29 is 0 Å². The van der Waals surface area contributed by atoms with Crippen molar-refractivity contribution in [3.05, 3.63) is 36.4 Å². The highest BCUT2D eigenvalue weighted by Gasteiger charge is 2.17. The van der Waals surface area contributed by atoms with Gasteiger partial charge in [-0.2, -0.15) is 5.10 Å². The minimum Gasteiger partial charge on any atom is -0.302 e. The summed E-state index contributed by atoms with van der Waals surface area (Å²) in [4.78, 5) is 0. The molecule has 0 bridgehead atoms. The Labute approximate surface area is 88.1 Å². The lowest BCUT2D eigenvalue weighted by atomic mass is 10.2. The summed E-state index contributed by atoms with van der Waals surface area (Å²) in [5.74, 6) is 1.05. The average molecular weight is 200 g/mol. The van der Waals surface area contributed by atoms with Gasteiger partial charge in [0.25, 0.3) is 0 Å². The Bertz CT molecular complexity index is 451. The second kappa shape index (κ2) is 3.10. The molecule has 15 heavy (non-hydrogen) atoms. The first-order valence-corrected chi connectivity index (χ1v) is 4.94. The van der Waals surface area contributed by atoms with Gasteiger partial charge in [0.05, 0.1) is 5.69 Å². The van der Waals surface area contributed by atoms with Crippen molar-refractivity contribution in [2.24, 2.45) is 0 Å². The summed E-state index contributed by atoms with van der Waals surface area (Å²) in [6.45, 7) is 0.794. The molecule has 1 aliphatic rings. The summed E-state index contributed by atoms with van der Waals surface area (Å²) in [6.07, 6.45) is 0. The van der Waals surface area contributed by atoms with Crippen LogP contribution in [-0.2, 0) is 6.67 Å². The standard InChI is InChI=1S/C11H12N4/c1-14-8-15-11(13-14)7-10(12-15)9-5-3-2-4-6-9/h2-7,13H,8H2,1H3. The molecule has 4 heteroatoms. The maximum absolute atomic E-state index is 4.52. The first kappa shape index (κ1) is 8.49. The van der Waals surface area contributed by atoms with E-state index in [1.807, 2.05) is 34.9 Å². The van der Waals surface area contributed by atoms with Crippen LogP contribution in [0, 0.1) is 0 Å². The van der Waals surface area contributed by atoms with E-state index in [-0.39, 0.29) is 0 Å². The van der Waals surface area contributed by atoms with Crippen LogP contribution in [0.15, 0.2) is 36.4 Å². The number of hydrogen-bond acceptors (Lipinski definition) is 3. The van der Waals surface area contributed by atoms with Gasteiger partial charge in [-0.15, -0.1) is 0 Å². The van der Waals surface area contributed by atoms with E-state index in [0.717, 1.165) is 23.7 Å². The molecule has 2 heterocycles. The molecule has 0 spiro atoms. The molecule has 1 aromatic carbocycles. The van der Waals surface area contributed by atoms with Crippen LogP contribution in [0.25, 0.3) is 11.3 Å². The van der Waals surface area contributed by atoms with Gasteiger partial charge < -0.3 is 5.43 Å². The first-order chi connectivity index (χ1) is 7.33. The molecular formula is C11H12N4. The highest BCUT2D eigenvalue weighted by molar-refractivity contribution is 5.63. The van der Waals surface area contributed by atoms with Crippen molar-refractivity contribution >= 4 is 5.82 Å². The molecule has 0 atom stereocenters. The second-order valence-electron chi connectivity index (χ2n) is 3.73. The number of hydrogen-bond donors (Lipinski definition) is 1. The smallest absolute Gasteiger partial charge is 0.140 e. The average Bonchev–Trinajstić information content (AvgIpc) is 2.76. The highest BCUT2D eigenvalue weighted by atomic mass is 15.6. The number of rotatable bonds is 1. The molecule has 1 aliphatic heterocycles. The molecule has 76 valence electrons. The molecule has 0 radical (unpaired) electrons. The summed E-state index contributed by atoms with van der Waals surface area (Å²) in [6, 6.07) is 12.3. The van der Waals surface area contributed by atoms with E-state index in [1.165, 1.54) is 0 Å². The van der Waals surface area contributed by atoms with Crippen LogP contribution in [0.1, 0.15) is 0 Å². The Balaban J connectivity index is 2.00. The van der Waals surface area contributed by atoms with E-state index in [9.17, 15) is 0 Å². The molecule has 0 saturated heterocycles. The van der Waals surface area contributed by atoms with Crippen LogP contribution < -0.4 is 5.43 Å². The summed E-state index contributed by atoms with van der Waals surface area (Å²) < 4.78 is 1.96. The normalized spacial score (nSPS) is 15.0. The molecule has 0 unspecified atom stereocenters. The molecule has 3 rings (SSSR count). The number of benzene rings is 1. The van der Waals surface area contributed by atoms with Gasteiger partial charge in [0.1, 0.15) is 12.5 Å². The van der Waals surface area contributed by atoms with Crippen molar-refractivity contribution in [1.29, 1.82) is 0 Å². The SMILES string of the molecule is CN1Cn2nc(-c3ccccc3)cc2N1. The van der Waals surface area contributed by atoms with Crippen molar-refractivity contribution in [2.75, 3.05) is 12.5 Å². The Kier molecular flexibility index (Phi) is 1.76. The highest BCUT2D eigenvalue weighted by Crippen LogP contribution is 2.24. The van der Waals surface area contributed by atoms with Crippen LogP contribution in [0.5, 0.6) is 0 Å². The lowest BCUT2D eigenvalue weighted by Crippen LogP contribution is -2.18. The minimum atomic E-state index is 0.794. The van der Waals surface area contributed by atoms with E-state index < -0.39 is 0 Å². The summed E-state index contributed by atoms with van der Waals surface area (Å²) in [7, 11) is 2.00. The monoisotopic (exact) mass is 200 g/mol. The van der Waals surface area contributed by atoms with E-state index in [1.54, 1.807) is 0 Å². The molecule has 4 nitrogen and oxygen atoms in total. The number of aromatic nitrogens is 2. The quantitative estimate of drug-likeness (QED) is 0.761. The molecule has 0 amide bonds. The molecule has 0 saturated carbocycles. The number of nitrogens with one attached hydrogen (secondary N) is 1. The zero-order valence-corrected chi connectivity index (χ0v) is 8.51. The fourth-order valence-electron chi connectivity index (χ4n) is 1.80. The van der Waals surface area contributed by atoms with Gasteiger partial charge in [0, 0.05) is 18.7 Å². The predicted molar refractivity (Wildman–Crippen MR) is 59.0 cm³/mol. The second-order valence-corrected chi connectivity index (χ2v) is 3.73. The van der Waals surface area contributed by atoms with Crippen LogP contribution >= 0.6 is 0 Å². The molecule has 2 aromatic rings. The summed E-state index contributed by atoms with van der Waals surface area (Å²) >= 11 is 0. The third-order valence-electron chi connectivity index (χ3n) is 2.50. The Hall–Kier alpha value is -1.81. The zero-order chi connectivity index (χ0) is 10.3. The summed E-state index contributed by atoms with van der Waals surface area (Å²) in [5, 5.41) is 6.52. The topological polar surface area (TPSA) is 33.1 Å². The lowest BCUT2D eigenvalue weighted by Gasteiger charge is -2.05. The van der Waals surface area contributed by atoms with Crippen molar-refractivity contribution in [2.45, 2.75) is 6.67 Å². The van der Waals surface area contributed by atoms with Crippen molar-refractivity contribution in [3.63, 3.8) is 0 Å². The molecule has 0 fully saturated rings. The van der Waals surface area contributed by atoms with Gasteiger partial charge in [0.2, 0.25) is 0 Å².